The molecule has 0 aromatic heterocycles. The summed E-state index contributed by atoms with van der Waals surface area (Å²) in [6.07, 6.45) is -4.69. The van der Waals surface area contributed by atoms with Gasteiger partial charge >= 0.3 is 6.18 Å². The first-order chi connectivity index (χ1) is 8.38. The smallest absolute Gasteiger partial charge is 0.390 e. The van der Waals surface area contributed by atoms with Gasteiger partial charge in [-0.2, -0.15) is 13.2 Å². The fourth-order valence-corrected chi connectivity index (χ4v) is 1.44. The lowest BCUT2D eigenvalue weighted by molar-refractivity contribution is -0.135. The van der Waals surface area contributed by atoms with Crippen LogP contribution in [0.5, 0.6) is 0 Å². The van der Waals surface area contributed by atoms with Gasteiger partial charge in [-0.15, -0.1) is 12.4 Å². The van der Waals surface area contributed by atoms with Crippen molar-refractivity contribution in [2.45, 2.75) is 25.4 Å². The molecule has 0 saturated heterocycles. The first-order valence-electron chi connectivity index (χ1n) is 5.55. The Morgan fingerprint density at radius 1 is 1.26 bits per heavy atom. The minimum Gasteiger partial charge on any atom is -0.399 e. The van der Waals surface area contributed by atoms with E-state index in [1.807, 2.05) is 0 Å². The van der Waals surface area contributed by atoms with Gasteiger partial charge in [0.05, 0.1) is 6.42 Å². The molecule has 1 aromatic carbocycles. The van der Waals surface area contributed by atoms with E-state index in [4.69, 9.17) is 5.73 Å². The zero-order valence-electron chi connectivity index (χ0n) is 10.2. The van der Waals surface area contributed by atoms with Crippen LogP contribution in [0.2, 0.25) is 0 Å². The van der Waals surface area contributed by atoms with E-state index in [9.17, 15) is 18.0 Å². The Bertz CT molecular complexity index is 410. The number of alkyl halides is 3. The van der Waals surface area contributed by atoms with Gasteiger partial charge in [0.25, 0.3) is 0 Å². The Morgan fingerprint density at radius 3 is 2.47 bits per heavy atom. The lowest BCUT2D eigenvalue weighted by atomic mass is 10.1. The quantitative estimate of drug-likeness (QED) is 0.821. The molecule has 0 aliphatic rings. The van der Waals surface area contributed by atoms with Crippen LogP contribution in [0, 0.1) is 0 Å². The van der Waals surface area contributed by atoms with E-state index in [0.717, 1.165) is 5.56 Å². The highest BCUT2D eigenvalue weighted by molar-refractivity contribution is 5.85. The molecule has 0 atom stereocenters. The molecule has 19 heavy (non-hydrogen) atoms. The third-order valence-corrected chi connectivity index (χ3v) is 2.41. The van der Waals surface area contributed by atoms with Crippen molar-refractivity contribution in [3.8, 4) is 0 Å². The Labute approximate surface area is 115 Å². The summed E-state index contributed by atoms with van der Waals surface area (Å²) in [6, 6.07) is 7.09. The molecule has 0 aliphatic heterocycles. The summed E-state index contributed by atoms with van der Waals surface area (Å²) in [5.74, 6) is -0.400. The van der Waals surface area contributed by atoms with Crippen molar-refractivity contribution in [3.63, 3.8) is 0 Å². The molecule has 108 valence electrons. The van der Waals surface area contributed by atoms with Gasteiger partial charge in [-0.3, -0.25) is 4.79 Å². The van der Waals surface area contributed by atoms with E-state index in [1.54, 1.807) is 24.3 Å². The Morgan fingerprint density at radius 2 is 1.89 bits per heavy atom. The highest BCUT2D eigenvalue weighted by Gasteiger charge is 2.26. The fraction of sp³-hybridized carbons (Fsp3) is 0.417. The zero-order chi connectivity index (χ0) is 13.6. The lowest BCUT2D eigenvalue weighted by Crippen LogP contribution is -2.28. The van der Waals surface area contributed by atoms with Crippen molar-refractivity contribution in [1.82, 2.24) is 5.32 Å². The van der Waals surface area contributed by atoms with Crippen LogP contribution in [0.15, 0.2) is 24.3 Å². The maximum Gasteiger partial charge on any atom is 0.390 e. The number of nitrogen functional groups attached to an aromatic ring is 1. The lowest BCUT2D eigenvalue weighted by Gasteiger charge is -2.08. The van der Waals surface area contributed by atoms with Crippen LogP contribution in [0.4, 0.5) is 18.9 Å². The van der Waals surface area contributed by atoms with E-state index < -0.39 is 18.5 Å². The van der Waals surface area contributed by atoms with Crippen LogP contribution >= 0.6 is 12.4 Å². The molecule has 3 nitrogen and oxygen atoms in total. The van der Waals surface area contributed by atoms with E-state index in [-0.39, 0.29) is 25.4 Å². The van der Waals surface area contributed by atoms with Gasteiger partial charge in [0.2, 0.25) is 5.91 Å². The minimum atomic E-state index is -4.24. The molecule has 7 heteroatoms. The minimum absolute atomic E-state index is 0. The number of aryl methyl sites for hydroxylation is 1. The molecular formula is C12H16ClF3N2O. The molecule has 0 saturated carbocycles. The van der Waals surface area contributed by atoms with Gasteiger partial charge < -0.3 is 11.1 Å². The number of nitrogens with two attached hydrogens (primary N) is 1. The molecule has 1 aromatic rings. The number of carbonyl (C=O) groups excluding carboxylic acids is 1. The number of hydrogen-bond acceptors (Lipinski definition) is 2. The standard InChI is InChI=1S/C12H15F3N2O.ClH/c13-12(14,15)7-8-17-11(18)6-5-9-3-1-2-4-10(9)16;/h1-4H,5-8,16H2,(H,17,18);1H. The van der Waals surface area contributed by atoms with Crippen molar-refractivity contribution in [3.05, 3.63) is 29.8 Å². The summed E-state index contributed by atoms with van der Waals surface area (Å²) < 4.78 is 35.5. The van der Waals surface area contributed by atoms with Crippen LogP contribution in [-0.4, -0.2) is 18.6 Å². The van der Waals surface area contributed by atoms with Crippen LogP contribution in [-0.2, 0) is 11.2 Å². The van der Waals surface area contributed by atoms with E-state index >= 15 is 0 Å². The number of nitrogens with one attached hydrogen (secondary N) is 1. The molecule has 1 rings (SSSR count). The van der Waals surface area contributed by atoms with Crippen molar-refractivity contribution in [1.29, 1.82) is 0 Å². The van der Waals surface area contributed by atoms with Gasteiger partial charge in [0, 0.05) is 18.7 Å². The topological polar surface area (TPSA) is 55.1 Å². The van der Waals surface area contributed by atoms with Crippen LogP contribution in [0.1, 0.15) is 18.4 Å². The molecule has 0 fully saturated rings. The monoisotopic (exact) mass is 296 g/mol. The van der Waals surface area contributed by atoms with Crippen molar-refractivity contribution in [2.24, 2.45) is 0 Å². The van der Waals surface area contributed by atoms with Crippen LogP contribution in [0.3, 0.4) is 0 Å². The van der Waals surface area contributed by atoms with E-state index in [2.05, 4.69) is 5.32 Å². The second-order valence-electron chi connectivity index (χ2n) is 3.91. The first-order valence-corrected chi connectivity index (χ1v) is 5.55. The molecule has 0 heterocycles. The van der Waals surface area contributed by atoms with E-state index in [0.29, 0.717) is 12.1 Å². The van der Waals surface area contributed by atoms with Crippen LogP contribution in [0.25, 0.3) is 0 Å². The average molecular weight is 297 g/mol. The van der Waals surface area contributed by atoms with Gasteiger partial charge in [-0.05, 0) is 18.1 Å². The third-order valence-electron chi connectivity index (χ3n) is 2.41. The SMILES string of the molecule is Cl.Nc1ccccc1CCC(=O)NCCC(F)(F)F. The number of benzene rings is 1. The van der Waals surface area contributed by atoms with Gasteiger partial charge in [0.1, 0.15) is 0 Å². The molecule has 1 amide bonds. The highest BCUT2D eigenvalue weighted by Crippen LogP contribution is 2.18. The average Bonchev–Trinajstić information content (AvgIpc) is 2.26. The number of anilines is 1. The normalized spacial score (nSPS) is 10.7. The summed E-state index contributed by atoms with van der Waals surface area (Å²) in [4.78, 5) is 11.3. The number of para-hydroxylation sites is 1. The number of halogens is 4. The molecular weight excluding hydrogens is 281 g/mol. The molecule has 0 radical (unpaired) electrons. The Hall–Kier alpha value is -1.43. The summed E-state index contributed by atoms with van der Waals surface area (Å²) in [5, 5.41) is 2.23. The maximum absolute atomic E-state index is 11.8. The number of carbonyl (C=O) groups is 1. The number of amides is 1. The summed E-state index contributed by atoms with van der Waals surface area (Å²) >= 11 is 0. The highest BCUT2D eigenvalue weighted by atomic mass is 35.5. The van der Waals surface area contributed by atoms with Gasteiger partial charge in [0.15, 0.2) is 0 Å². The first kappa shape index (κ1) is 17.6. The number of rotatable bonds is 5. The van der Waals surface area contributed by atoms with E-state index in [1.165, 1.54) is 0 Å². The van der Waals surface area contributed by atoms with Crippen LogP contribution < -0.4 is 11.1 Å². The number of hydrogen-bond donors (Lipinski definition) is 2. The van der Waals surface area contributed by atoms with Crippen molar-refractivity contribution in [2.75, 3.05) is 12.3 Å². The zero-order valence-corrected chi connectivity index (χ0v) is 11.0. The molecule has 0 spiro atoms. The van der Waals surface area contributed by atoms with Gasteiger partial charge in [-0.1, -0.05) is 18.2 Å². The largest absolute Gasteiger partial charge is 0.399 e. The molecule has 0 aliphatic carbocycles. The second-order valence-corrected chi connectivity index (χ2v) is 3.91. The molecule has 0 bridgehead atoms. The van der Waals surface area contributed by atoms with Crippen molar-refractivity contribution >= 4 is 24.0 Å². The fourth-order valence-electron chi connectivity index (χ4n) is 1.44. The summed E-state index contributed by atoms with van der Waals surface area (Å²) in [5.41, 5.74) is 7.09. The second kappa shape index (κ2) is 7.89. The molecule has 3 N–H and O–H groups in total. The predicted molar refractivity (Wildman–Crippen MR) is 70.1 cm³/mol. The third kappa shape index (κ3) is 7.56. The molecule has 0 unspecified atom stereocenters. The Kier molecular flexibility index (Phi) is 7.29. The summed E-state index contributed by atoms with van der Waals surface area (Å²) in [6.45, 7) is -0.382. The Balaban J connectivity index is 0.00000324. The van der Waals surface area contributed by atoms with Crippen molar-refractivity contribution < 1.29 is 18.0 Å². The summed E-state index contributed by atoms with van der Waals surface area (Å²) in [7, 11) is 0. The van der Waals surface area contributed by atoms with Gasteiger partial charge in [-0.25, -0.2) is 0 Å². The maximum atomic E-state index is 11.8. The predicted octanol–water partition coefficient (Wildman–Crippen LogP) is 2.69.